The van der Waals surface area contributed by atoms with Crippen LogP contribution < -0.4 is 0 Å². The van der Waals surface area contributed by atoms with Crippen molar-refractivity contribution in [3.8, 4) is 0 Å². The van der Waals surface area contributed by atoms with E-state index in [4.69, 9.17) is 0 Å². The van der Waals surface area contributed by atoms with E-state index in [2.05, 4.69) is 35.3 Å². The lowest BCUT2D eigenvalue weighted by Gasteiger charge is -2.33. The third-order valence-corrected chi connectivity index (χ3v) is 4.48. The molecule has 0 aromatic carbocycles. The molecule has 1 aliphatic heterocycles. The molecule has 0 aromatic rings. The van der Waals surface area contributed by atoms with Crippen LogP contribution in [-0.2, 0) is 4.79 Å². The van der Waals surface area contributed by atoms with Gasteiger partial charge < -0.3 is 9.80 Å². The number of nitrogens with zero attached hydrogens (tertiary/aromatic N) is 4. The van der Waals surface area contributed by atoms with Crippen LogP contribution in [0, 0.1) is 11.8 Å². The molecule has 0 aromatic heterocycles. The minimum Gasteiger partial charge on any atom is -0.354 e. The van der Waals surface area contributed by atoms with Crippen LogP contribution in [0.3, 0.4) is 0 Å². The van der Waals surface area contributed by atoms with E-state index in [9.17, 15) is 4.79 Å². The van der Waals surface area contributed by atoms with Gasteiger partial charge in [-0.25, -0.2) is 9.98 Å². The first kappa shape index (κ1) is 15.7. The molecule has 2 fully saturated rings. The second-order valence-electron chi connectivity index (χ2n) is 6.19. The predicted octanol–water partition coefficient (Wildman–Crippen LogP) is 2.16. The summed E-state index contributed by atoms with van der Waals surface area (Å²) >= 11 is 0. The summed E-state index contributed by atoms with van der Waals surface area (Å²) in [6.07, 6.45) is 6.09. The number of carbonyl (C=O) groups is 1. The molecule has 1 heterocycles. The van der Waals surface area contributed by atoms with E-state index in [1.165, 1.54) is 18.6 Å². The smallest absolute Gasteiger partial charge is 0.209 e. The van der Waals surface area contributed by atoms with Crippen LogP contribution >= 0.6 is 0 Å². The summed E-state index contributed by atoms with van der Waals surface area (Å²) in [5.41, 5.74) is 1.26. The second kappa shape index (κ2) is 7.38. The topological polar surface area (TPSA) is 48.3 Å². The molecule has 0 radical (unpaired) electrons. The van der Waals surface area contributed by atoms with E-state index < -0.39 is 0 Å². The van der Waals surface area contributed by atoms with Crippen molar-refractivity contribution in [3.63, 3.8) is 0 Å². The minimum absolute atomic E-state index is 0.560. The number of rotatable bonds is 4. The van der Waals surface area contributed by atoms with E-state index in [-0.39, 0.29) is 0 Å². The van der Waals surface area contributed by atoms with Crippen molar-refractivity contribution in [2.75, 3.05) is 26.2 Å². The van der Waals surface area contributed by atoms with Crippen molar-refractivity contribution < 1.29 is 4.79 Å². The van der Waals surface area contributed by atoms with Gasteiger partial charge in [0.25, 0.3) is 0 Å². The maximum atomic E-state index is 10.7. The third-order valence-electron chi connectivity index (χ3n) is 4.48. The zero-order chi connectivity index (χ0) is 15.2. The molecule has 1 saturated heterocycles. The zero-order valence-corrected chi connectivity index (χ0v) is 13.2. The number of aliphatic imine (C=N–C) groups is 2. The molecule has 0 bridgehead atoms. The molecule has 5 heteroatoms. The second-order valence-corrected chi connectivity index (χ2v) is 6.19. The summed E-state index contributed by atoms with van der Waals surface area (Å²) < 4.78 is 0. The highest BCUT2D eigenvalue weighted by Crippen LogP contribution is 2.26. The summed E-state index contributed by atoms with van der Waals surface area (Å²) in [6, 6.07) is 0. The average Bonchev–Trinajstić information content (AvgIpc) is 2.49. The Morgan fingerprint density at radius 2 is 2.00 bits per heavy atom. The van der Waals surface area contributed by atoms with Gasteiger partial charge in [-0.2, -0.15) is 0 Å². The summed E-state index contributed by atoms with van der Waals surface area (Å²) in [4.78, 5) is 23.4. The molecule has 1 aliphatic carbocycles. The highest BCUT2D eigenvalue weighted by molar-refractivity contribution is 5.92. The Balaban J connectivity index is 1.84. The first-order valence-corrected chi connectivity index (χ1v) is 7.82. The molecular weight excluding hydrogens is 264 g/mol. The van der Waals surface area contributed by atoms with Crippen molar-refractivity contribution in [2.24, 2.45) is 21.8 Å². The summed E-state index contributed by atoms with van der Waals surface area (Å²) in [6.45, 7) is 11.6. The van der Waals surface area contributed by atoms with Gasteiger partial charge in [-0.15, -0.1) is 0 Å². The number of amides is 1. The number of carbonyl (C=O) groups excluding carboxylic acids is 1. The van der Waals surface area contributed by atoms with Crippen molar-refractivity contribution in [1.82, 2.24) is 9.80 Å². The lowest BCUT2D eigenvalue weighted by atomic mass is 9.82. The van der Waals surface area contributed by atoms with Crippen LogP contribution in [0.15, 0.2) is 22.4 Å². The number of hydrogen-bond acceptors (Lipinski definition) is 3. The molecule has 2 rings (SSSR count). The van der Waals surface area contributed by atoms with E-state index in [1.54, 1.807) is 11.2 Å². The third kappa shape index (κ3) is 4.41. The lowest BCUT2D eigenvalue weighted by molar-refractivity contribution is -0.119. The van der Waals surface area contributed by atoms with Crippen LogP contribution in [0.4, 0.5) is 0 Å². The Morgan fingerprint density at radius 3 is 2.62 bits per heavy atom. The standard InChI is InChI=1S/C16H26N4O/c1-13-4-5-16(14(2)10-13)18-11-17-15(3)20-8-6-19(12-21)7-9-20/h11-14H,3-10H2,1-2H3. The Hall–Kier alpha value is -1.65. The molecule has 1 saturated carbocycles. The van der Waals surface area contributed by atoms with Gasteiger partial charge in [0.1, 0.15) is 12.2 Å². The molecule has 2 atom stereocenters. The van der Waals surface area contributed by atoms with Crippen LogP contribution in [0.25, 0.3) is 0 Å². The SMILES string of the molecule is C=C(N=CN=C1CCC(C)CC1C)N1CCN(C=O)CC1. The predicted molar refractivity (Wildman–Crippen MR) is 86.5 cm³/mol. The Labute approximate surface area is 127 Å². The highest BCUT2D eigenvalue weighted by atomic mass is 16.1. The highest BCUT2D eigenvalue weighted by Gasteiger charge is 2.20. The van der Waals surface area contributed by atoms with Crippen molar-refractivity contribution >= 4 is 18.5 Å². The quantitative estimate of drug-likeness (QED) is 0.452. The van der Waals surface area contributed by atoms with Gasteiger partial charge in [-0.3, -0.25) is 4.79 Å². The molecule has 116 valence electrons. The molecule has 21 heavy (non-hydrogen) atoms. The Morgan fingerprint density at radius 1 is 1.29 bits per heavy atom. The molecule has 2 aliphatic rings. The van der Waals surface area contributed by atoms with Crippen LogP contribution in [0.5, 0.6) is 0 Å². The van der Waals surface area contributed by atoms with Crippen LogP contribution in [-0.4, -0.2) is 54.4 Å². The number of piperazine rings is 1. The first-order valence-electron chi connectivity index (χ1n) is 7.82. The van der Waals surface area contributed by atoms with E-state index >= 15 is 0 Å². The summed E-state index contributed by atoms with van der Waals surface area (Å²) in [5.74, 6) is 2.10. The van der Waals surface area contributed by atoms with Gasteiger partial charge in [0.05, 0.1) is 0 Å². The van der Waals surface area contributed by atoms with E-state index in [0.29, 0.717) is 5.92 Å². The van der Waals surface area contributed by atoms with Gasteiger partial charge in [-0.1, -0.05) is 20.4 Å². The van der Waals surface area contributed by atoms with E-state index in [1.807, 2.05) is 0 Å². The van der Waals surface area contributed by atoms with Gasteiger partial charge >= 0.3 is 0 Å². The van der Waals surface area contributed by atoms with Crippen molar-refractivity contribution in [3.05, 3.63) is 12.4 Å². The van der Waals surface area contributed by atoms with Crippen LogP contribution in [0.1, 0.15) is 33.1 Å². The maximum absolute atomic E-state index is 10.7. The minimum atomic E-state index is 0.560. The molecule has 0 N–H and O–H groups in total. The summed E-state index contributed by atoms with van der Waals surface area (Å²) in [7, 11) is 0. The maximum Gasteiger partial charge on any atom is 0.209 e. The number of hydrogen-bond donors (Lipinski definition) is 0. The Bertz CT molecular complexity index is 436. The molecular formula is C16H26N4O. The van der Waals surface area contributed by atoms with Crippen LogP contribution in [0.2, 0.25) is 0 Å². The molecule has 2 unspecified atom stereocenters. The van der Waals surface area contributed by atoms with Gasteiger partial charge in [-0.05, 0) is 31.1 Å². The van der Waals surface area contributed by atoms with E-state index in [0.717, 1.165) is 50.7 Å². The molecule has 1 amide bonds. The monoisotopic (exact) mass is 290 g/mol. The zero-order valence-electron chi connectivity index (χ0n) is 13.2. The van der Waals surface area contributed by atoms with Gasteiger partial charge in [0.15, 0.2) is 0 Å². The lowest BCUT2D eigenvalue weighted by Crippen LogP contribution is -2.44. The largest absolute Gasteiger partial charge is 0.354 e. The molecule has 5 nitrogen and oxygen atoms in total. The molecule has 0 spiro atoms. The summed E-state index contributed by atoms with van der Waals surface area (Å²) in [5, 5.41) is 0. The fourth-order valence-corrected chi connectivity index (χ4v) is 3.03. The van der Waals surface area contributed by atoms with Crippen molar-refractivity contribution in [2.45, 2.75) is 33.1 Å². The van der Waals surface area contributed by atoms with Crippen molar-refractivity contribution in [1.29, 1.82) is 0 Å². The fraction of sp³-hybridized carbons (Fsp3) is 0.688. The normalized spacial score (nSPS) is 29.1. The first-order chi connectivity index (χ1) is 10.1. The fourth-order valence-electron chi connectivity index (χ4n) is 3.03. The van der Waals surface area contributed by atoms with Gasteiger partial charge in [0, 0.05) is 31.9 Å². The average molecular weight is 290 g/mol. The van der Waals surface area contributed by atoms with Gasteiger partial charge in [0.2, 0.25) is 6.41 Å². The Kier molecular flexibility index (Phi) is 5.53.